The highest BCUT2D eigenvalue weighted by Crippen LogP contribution is 2.29. The largest absolute Gasteiger partial charge is 0.274 e. The van der Waals surface area contributed by atoms with E-state index >= 15 is 0 Å². The second-order valence-electron chi connectivity index (χ2n) is 4.64. The molecule has 0 saturated heterocycles. The minimum Gasteiger partial charge on any atom is -0.274 e. The molecular weight excluding hydrogens is 320 g/mol. The van der Waals surface area contributed by atoms with E-state index in [9.17, 15) is 8.42 Å². The number of aromatic nitrogens is 3. The summed E-state index contributed by atoms with van der Waals surface area (Å²) in [6, 6.07) is 9.09. The molecule has 1 N–H and O–H groups in total. The molecular formula is C14H14N4O2S2. The topological polar surface area (TPSA) is 76.9 Å². The van der Waals surface area contributed by atoms with Crippen LogP contribution in [-0.2, 0) is 23.6 Å². The number of nitrogens with one attached hydrogen (secondary N) is 1. The van der Waals surface area contributed by atoms with E-state index in [1.807, 2.05) is 23.6 Å². The lowest BCUT2D eigenvalue weighted by molar-refractivity contribution is 0.580. The van der Waals surface area contributed by atoms with Gasteiger partial charge in [0.15, 0.2) is 0 Å². The van der Waals surface area contributed by atoms with Crippen LogP contribution in [0.1, 0.15) is 5.69 Å². The molecule has 0 aliphatic rings. The van der Waals surface area contributed by atoms with E-state index in [4.69, 9.17) is 0 Å². The molecule has 0 atom stereocenters. The number of hydrogen-bond donors (Lipinski definition) is 1. The van der Waals surface area contributed by atoms with Crippen molar-refractivity contribution in [2.24, 2.45) is 7.05 Å². The van der Waals surface area contributed by atoms with Crippen LogP contribution < -0.4 is 4.72 Å². The van der Waals surface area contributed by atoms with Crippen molar-refractivity contribution in [2.45, 2.75) is 11.4 Å². The fraction of sp³-hybridized carbons (Fsp3) is 0.143. The Hall–Kier alpha value is -2.03. The Morgan fingerprint density at radius 1 is 1.27 bits per heavy atom. The Bertz CT molecular complexity index is 856. The minimum absolute atomic E-state index is 0.141. The first-order valence-electron chi connectivity index (χ1n) is 6.53. The lowest BCUT2D eigenvalue weighted by Gasteiger charge is -2.05. The van der Waals surface area contributed by atoms with Crippen LogP contribution >= 0.6 is 11.3 Å². The molecule has 0 amide bonds. The van der Waals surface area contributed by atoms with Gasteiger partial charge in [-0.2, -0.15) is 5.10 Å². The highest BCUT2D eigenvalue weighted by Gasteiger charge is 2.23. The van der Waals surface area contributed by atoms with Gasteiger partial charge in [0, 0.05) is 19.4 Å². The Kier molecular flexibility index (Phi) is 4.06. The monoisotopic (exact) mass is 334 g/mol. The fourth-order valence-corrected chi connectivity index (χ4v) is 3.97. The number of rotatable bonds is 5. The van der Waals surface area contributed by atoms with Gasteiger partial charge in [-0.1, -0.05) is 12.1 Å². The van der Waals surface area contributed by atoms with E-state index in [-0.39, 0.29) is 11.4 Å². The maximum atomic E-state index is 12.5. The maximum Gasteiger partial charge on any atom is 0.244 e. The van der Waals surface area contributed by atoms with Crippen molar-refractivity contribution < 1.29 is 8.42 Å². The van der Waals surface area contributed by atoms with E-state index in [1.165, 1.54) is 22.2 Å². The molecule has 3 aromatic heterocycles. The second-order valence-corrected chi connectivity index (χ2v) is 7.32. The Morgan fingerprint density at radius 2 is 2.14 bits per heavy atom. The lowest BCUT2D eigenvalue weighted by atomic mass is 10.3. The summed E-state index contributed by atoms with van der Waals surface area (Å²) in [5.41, 5.74) is 1.12. The van der Waals surface area contributed by atoms with E-state index in [0.29, 0.717) is 11.4 Å². The molecule has 0 saturated carbocycles. The summed E-state index contributed by atoms with van der Waals surface area (Å²) in [7, 11) is -1.96. The predicted molar refractivity (Wildman–Crippen MR) is 84.8 cm³/mol. The van der Waals surface area contributed by atoms with Gasteiger partial charge in [0.1, 0.15) is 10.6 Å². The van der Waals surface area contributed by atoms with Crippen molar-refractivity contribution >= 4 is 21.4 Å². The van der Waals surface area contributed by atoms with Crippen LogP contribution in [0.5, 0.6) is 0 Å². The van der Waals surface area contributed by atoms with Crippen LogP contribution in [0, 0.1) is 0 Å². The van der Waals surface area contributed by atoms with Crippen molar-refractivity contribution in [3.63, 3.8) is 0 Å². The van der Waals surface area contributed by atoms with Crippen LogP contribution in [0.15, 0.2) is 53.0 Å². The Labute approximate surface area is 132 Å². The average Bonchev–Trinajstić information content (AvgIpc) is 3.15. The molecule has 22 heavy (non-hydrogen) atoms. The molecule has 0 unspecified atom stereocenters. The first-order valence-corrected chi connectivity index (χ1v) is 8.89. The normalized spacial score (nSPS) is 11.7. The van der Waals surface area contributed by atoms with Gasteiger partial charge in [0.05, 0.1) is 17.1 Å². The molecule has 0 radical (unpaired) electrons. The summed E-state index contributed by atoms with van der Waals surface area (Å²) in [6.07, 6.45) is 3.14. The summed E-state index contributed by atoms with van der Waals surface area (Å²) in [6.45, 7) is 0.141. The number of hydrogen-bond acceptors (Lipinski definition) is 5. The Balaban J connectivity index is 1.90. The van der Waals surface area contributed by atoms with Crippen LogP contribution in [0.3, 0.4) is 0 Å². The van der Waals surface area contributed by atoms with E-state index in [2.05, 4.69) is 14.8 Å². The Morgan fingerprint density at radius 3 is 2.82 bits per heavy atom. The third-order valence-electron chi connectivity index (χ3n) is 3.01. The van der Waals surface area contributed by atoms with Crippen LogP contribution in [-0.4, -0.2) is 23.2 Å². The number of thiophene rings is 1. The van der Waals surface area contributed by atoms with Gasteiger partial charge in [0.2, 0.25) is 10.0 Å². The zero-order chi connectivity index (χ0) is 15.6. The highest BCUT2D eigenvalue weighted by molar-refractivity contribution is 7.89. The van der Waals surface area contributed by atoms with Crippen molar-refractivity contribution in [3.8, 4) is 10.6 Å². The molecule has 0 aromatic carbocycles. The van der Waals surface area contributed by atoms with Gasteiger partial charge in [-0.15, -0.1) is 11.3 Å². The van der Waals surface area contributed by atoms with Gasteiger partial charge >= 0.3 is 0 Å². The average molecular weight is 334 g/mol. The van der Waals surface area contributed by atoms with Gasteiger partial charge in [-0.25, -0.2) is 13.1 Å². The molecule has 3 heterocycles. The molecule has 114 valence electrons. The molecule has 0 aliphatic carbocycles. The molecule has 3 rings (SSSR count). The first kappa shape index (κ1) is 14.9. The minimum atomic E-state index is -3.66. The van der Waals surface area contributed by atoms with E-state index in [0.717, 1.165) is 4.88 Å². The molecule has 6 nitrogen and oxygen atoms in total. The zero-order valence-corrected chi connectivity index (χ0v) is 13.4. The van der Waals surface area contributed by atoms with E-state index < -0.39 is 10.0 Å². The molecule has 0 fully saturated rings. The van der Waals surface area contributed by atoms with Crippen LogP contribution in [0.4, 0.5) is 0 Å². The second kappa shape index (κ2) is 5.99. The SMILES string of the molecule is Cn1cc(S(=O)(=O)NCc2ccccn2)c(-c2cccs2)n1. The van der Waals surface area contributed by atoms with Crippen molar-refractivity contribution in [1.82, 2.24) is 19.5 Å². The van der Waals surface area contributed by atoms with Crippen molar-refractivity contribution in [3.05, 3.63) is 53.8 Å². The lowest BCUT2D eigenvalue weighted by Crippen LogP contribution is -2.23. The van der Waals surface area contributed by atoms with Gasteiger partial charge in [-0.3, -0.25) is 9.67 Å². The van der Waals surface area contributed by atoms with Crippen molar-refractivity contribution in [2.75, 3.05) is 0 Å². The summed E-state index contributed by atoms with van der Waals surface area (Å²) in [5.74, 6) is 0. The standard InChI is InChI=1S/C14H14N4O2S2/c1-18-10-13(14(17-18)12-6-4-8-21-12)22(19,20)16-9-11-5-2-3-7-15-11/h2-8,10,16H,9H2,1H3. The quantitative estimate of drug-likeness (QED) is 0.774. The van der Waals surface area contributed by atoms with Crippen LogP contribution in [0.2, 0.25) is 0 Å². The van der Waals surface area contributed by atoms with Crippen LogP contribution in [0.25, 0.3) is 10.6 Å². The fourth-order valence-electron chi connectivity index (χ4n) is 2.00. The number of aryl methyl sites for hydroxylation is 1. The van der Waals surface area contributed by atoms with Gasteiger partial charge < -0.3 is 0 Å². The molecule has 0 aliphatic heterocycles. The molecule has 0 bridgehead atoms. The summed E-state index contributed by atoms with van der Waals surface area (Å²) < 4.78 is 29.2. The summed E-state index contributed by atoms with van der Waals surface area (Å²) >= 11 is 1.45. The van der Waals surface area contributed by atoms with Gasteiger partial charge in [-0.05, 0) is 23.6 Å². The third-order valence-corrected chi connectivity index (χ3v) is 5.29. The number of nitrogens with zero attached hydrogens (tertiary/aromatic N) is 3. The predicted octanol–water partition coefficient (Wildman–Crippen LogP) is 2.02. The number of sulfonamides is 1. The maximum absolute atomic E-state index is 12.5. The first-order chi connectivity index (χ1) is 10.6. The van der Waals surface area contributed by atoms with Crippen molar-refractivity contribution in [1.29, 1.82) is 0 Å². The highest BCUT2D eigenvalue weighted by atomic mass is 32.2. The van der Waals surface area contributed by atoms with Gasteiger partial charge in [0.25, 0.3) is 0 Å². The summed E-state index contributed by atoms with van der Waals surface area (Å²) in [4.78, 5) is 5.10. The molecule has 3 aromatic rings. The summed E-state index contributed by atoms with van der Waals surface area (Å²) in [5, 5.41) is 6.16. The number of pyridine rings is 1. The van der Waals surface area contributed by atoms with E-state index in [1.54, 1.807) is 25.4 Å². The zero-order valence-electron chi connectivity index (χ0n) is 11.8. The smallest absolute Gasteiger partial charge is 0.244 e. The molecule has 0 spiro atoms. The molecule has 8 heteroatoms. The third kappa shape index (κ3) is 3.08.